The number of nitrogens with zero attached hydrogens (tertiary/aromatic N) is 2. The molecule has 0 radical (unpaired) electrons. The van der Waals surface area contributed by atoms with E-state index < -0.39 is 0 Å². The Kier molecular flexibility index (Phi) is 3.10. The summed E-state index contributed by atoms with van der Waals surface area (Å²) in [6.45, 7) is 4.15. The Balaban J connectivity index is 1.49. The normalized spacial score (nSPS) is 38.4. The highest BCUT2D eigenvalue weighted by Crippen LogP contribution is 2.61. The van der Waals surface area contributed by atoms with Crippen molar-refractivity contribution in [1.29, 1.82) is 0 Å². The van der Waals surface area contributed by atoms with Gasteiger partial charge in [-0.3, -0.25) is 0 Å². The van der Waals surface area contributed by atoms with E-state index in [4.69, 9.17) is 0 Å². The van der Waals surface area contributed by atoms with Crippen molar-refractivity contribution >= 4 is 11.8 Å². The molecule has 0 unspecified atom stereocenters. The minimum absolute atomic E-state index is 0.625. The molecule has 0 aromatic carbocycles. The average molecular weight is 288 g/mol. The van der Waals surface area contributed by atoms with Crippen molar-refractivity contribution < 1.29 is 0 Å². The van der Waals surface area contributed by atoms with Crippen LogP contribution in [0.3, 0.4) is 0 Å². The van der Waals surface area contributed by atoms with Crippen LogP contribution in [0.2, 0.25) is 0 Å². The Morgan fingerprint density at radius 1 is 1.00 bits per heavy atom. The Hall–Kier alpha value is -0.570. The van der Waals surface area contributed by atoms with Crippen LogP contribution in [-0.2, 0) is 0 Å². The Morgan fingerprint density at radius 3 is 2.00 bits per heavy atom. The van der Waals surface area contributed by atoms with E-state index in [2.05, 4.69) is 29.9 Å². The van der Waals surface area contributed by atoms with Crippen LogP contribution in [0.4, 0.5) is 0 Å². The number of hydrogen-bond acceptors (Lipinski definition) is 3. The number of rotatable bonds is 3. The van der Waals surface area contributed by atoms with E-state index in [0.29, 0.717) is 5.41 Å². The van der Waals surface area contributed by atoms with Crippen LogP contribution in [0.15, 0.2) is 11.2 Å². The van der Waals surface area contributed by atoms with Crippen molar-refractivity contribution in [3.8, 4) is 0 Å². The lowest BCUT2D eigenvalue weighted by atomic mass is 9.50. The molecule has 2 nitrogen and oxygen atoms in total. The SMILES string of the molecule is Cc1cc(C)nc(SCC23CC4CC(CC(C4)C2)C3)n1. The largest absolute Gasteiger partial charge is 0.228 e. The van der Waals surface area contributed by atoms with Crippen molar-refractivity contribution in [3.63, 3.8) is 0 Å². The molecule has 4 bridgehead atoms. The van der Waals surface area contributed by atoms with Crippen LogP contribution >= 0.6 is 11.8 Å². The van der Waals surface area contributed by atoms with E-state index in [1.54, 1.807) is 0 Å². The van der Waals surface area contributed by atoms with Gasteiger partial charge in [0.05, 0.1) is 0 Å². The van der Waals surface area contributed by atoms with Gasteiger partial charge in [-0.25, -0.2) is 9.97 Å². The monoisotopic (exact) mass is 288 g/mol. The lowest BCUT2D eigenvalue weighted by molar-refractivity contribution is -0.0381. The number of aryl methyl sites for hydroxylation is 2. The highest BCUT2D eigenvalue weighted by molar-refractivity contribution is 7.99. The minimum atomic E-state index is 0.625. The van der Waals surface area contributed by atoms with Gasteiger partial charge in [-0.15, -0.1) is 0 Å². The Bertz CT molecular complexity index is 470. The maximum absolute atomic E-state index is 4.60. The highest BCUT2D eigenvalue weighted by Gasteiger charge is 2.50. The van der Waals surface area contributed by atoms with E-state index in [1.807, 2.05) is 11.8 Å². The molecule has 0 N–H and O–H groups in total. The molecular formula is C17H24N2S. The smallest absolute Gasteiger partial charge is 0.187 e. The molecule has 5 rings (SSSR count). The molecule has 0 saturated heterocycles. The predicted octanol–water partition coefficient (Wildman–Crippen LogP) is 4.40. The molecule has 4 fully saturated rings. The second-order valence-corrected chi connectivity index (χ2v) is 8.58. The first-order valence-corrected chi connectivity index (χ1v) is 9.04. The van der Waals surface area contributed by atoms with Crippen molar-refractivity contribution in [2.24, 2.45) is 23.2 Å². The maximum atomic E-state index is 4.60. The molecule has 0 amide bonds. The van der Waals surface area contributed by atoms with E-state index in [1.165, 1.54) is 44.3 Å². The van der Waals surface area contributed by atoms with Gasteiger partial charge >= 0.3 is 0 Å². The Morgan fingerprint density at radius 2 is 1.50 bits per heavy atom. The van der Waals surface area contributed by atoms with E-state index >= 15 is 0 Å². The van der Waals surface area contributed by atoms with Crippen LogP contribution in [0.25, 0.3) is 0 Å². The lowest BCUT2D eigenvalue weighted by Gasteiger charge is -2.56. The molecule has 1 aromatic heterocycles. The van der Waals surface area contributed by atoms with Gasteiger partial charge in [-0.2, -0.15) is 0 Å². The Labute approximate surface area is 126 Å². The van der Waals surface area contributed by atoms with Crippen molar-refractivity contribution in [1.82, 2.24) is 9.97 Å². The van der Waals surface area contributed by atoms with Gasteiger partial charge in [0.2, 0.25) is 0 Å². The zero-order valence-electron chi connectivity index (χ0n) is 12.6. The molecule has 4 aliphatic rings. The quantitative estimate of drug-likeness (QED) is 0.609. The summed E-state index contributed by atoms with van der Waals surface area (Å²) in [6.07, 6.45) is 9.04. The van der Waals surface area contributed by atoms with Crippen LogP contribution in [0, 0.1) is 37.0 Å². The van der Waals surface area contributed by atoms with Crippen molar-refractivity contribution in [3.05, 3.63) is 17.5 Å². The van der Waals surface area contributed by atoms with Gasteiger partial charge in [0, 0.05) is 17.1 Å². The molecule has 1 heterocycles. The molecule has 4 aliphatic carbocycles. The summed E-state index contributed by atoms with van der Waals surface area (Å²) < 4.78 is 0. The number of hydrogen-bond donors (Lipinski definition) is 0. The molecule has 108 valence electrons. The standard InChI is InChI=1S/C17H24N2S/c1-11-3-12(2)19-16(18-11)20-10-17-7-13-4-14(8-17)6-15(5-13)9-17/h3,13-15H,4-10H2,1-2H3. The molecule has 0 spiro atoms. The lowest BCUT2D eigenvalue weighted by Crippen LogP contribution is -2.47. The summed E-state index contributed by atoms with van der Waals surface area (Å²) in [5, 5.41) is 0.998. The van der Waals surface area contributed by atoms with Gasteiger partial charge in [0.15, 0.2) is 5.16 Å². The molecule has 3 heteroatoms. The maximum Gasteiger partial charge on any atom is 0.187 e. The minimum Gasteiger partial charge on any atom is -0.228 e. The van der Waals surface area contributed by atoms with Gasteiger partial charge in [0.25, 0.3) is 0 Å². The third-order valence-electron chi connectivity index (χ3n) is 5.63. The van der Waals surface area contributed by atoms with Crippen molar-refractivity contribution in [2.45, 2.75) is 57.5 Å². The summed E-state index contributed by atoms with van der Waals surface area (Å²) in [4.78, 5) is 9.21. The second-order valence-electron chi connectivity index (χ2n) is 7.64. The third-order valence-corrected chi connectivity index (χ3v) is 6.83. The van der Waals surface area contributed by atoms with Crippen LogP contribution in [0.5, 0.6) is 0 Å². The van der Waals surface area contributed by atoms with E-state index in [0.717, 1.165) is 34.3 Å². The highest BCUT2D eigenvalue weighted by atomic mass is 32.2. The summed E-state index contributed by atoms with van der Waals surface area (Å²) in [5.74, 6) is 4.38. The number of thioether (sulfide) groups is 1. The van der Waals surface area contributed by atoms with Gasteiger partial charge in [0.1, 0.15) is 0 Å². The molecule has 20 heavy (non-hydrogen) atoms. The van der Waals surface area contributed by atoms with Crippen LogP contribution in [0.1, 0.15) is 49.9 Å². The second kappa shape index (κ2) is 4.72. The fraction of sp³-hybridized carbons (Fsp3) is 0.765. The van der Waals surface area contributed by atoms with Crippen LogP contribution < -0.4 is 0 Å². The summed E-state index contributed by atoms with van der Waals surface area (Å²) >= 11 is 1.91. The molecule has 1 aromatic rings. The van der Waals surface area contributed by atoms with Crippen molar-refractivity contribution in [2.75, 3.05) is 5.75 Å². The zero-order valence-corrected chi connectivity index (χ0v) is 13.4. The summed E-state index contributed by atoms with van der Waals surface area (Å²) in [7, 11) is 0. The first-order chi connectivity index (χ1) is 9.60. The molecular weight excluding hydrogens is 264 g/mol. The first kappa shape index (κ1) is 13.1. The first-order valence-electron chi connectivity index (χ1n) is 8.05. The van der Waals surface area contributed by atoms with E-state index in [-0.39, 0.29) is 0 Å². The fourth-order valence-electron chi connectivity index (χ4n) is 5.44. The summed E-state index contributed by atoms with van der Waals surface area (Å²) in [5.41, 5.74) is 2.83. The van der Waals surface area contributed by atoms with Gasteiger partial charge < -0.3 is 0 Å². The topological polar surface area (TPSA) is 25.8 Å². The van der Waals surface area contributed by atoms with Crippen LogP contribution in [-0.4, -0.2) is 15.7 Å². The predicted molar refractivity (Wildman–Crippen MR) is 82.8 cm³/mol. The number of aromatic nitrogens is 2. The molecule has 4 saturated carbocycles. The summed E-state index contributed by atoms with van der Waals surface area (Å²) in [6, 6.07) is 2.06. The van der Waals surface area contributed by atoms with Gasteiger partial charge in [-0.05, 0) is 81.6 Å². The average Bonchev–Trinajstić information content (AvgIpc) is 2.34. The van der Waals surface area contributed by atoms with E-state index in [9.17, 15) is 0 Å². The zero-order chi connectivity index (χ0) is 13.7. The third kappa shape index (κ3) is 2.38. The van der Waals surface area contributed by atoms with Gasteiger partial charge in [-0.1, -0.05) is 11.8 Å². The fourth-order valence-corrected chi connectivity index (χ4v) is 6.65. The molecule has 0 aliphatic heterocycles. The molecule has 0 atom stereocenters.